The van der Waals surface area contributed by atoms with Crippen molar-refractivity contribution in [1.82, 2.24) is 9.97 Å². The molecular formula is C13H17N3OS. The van der Waals surface area contributed by atoms with Crippen LogP contribution in [0.3, 0.4) is 0 Å². The zero-order chi connectivity index (χ0) is 13.1. The number of aromatic nitrogens is 2. The first kappa shape index (κ1) is 13.0. The fourth-order valence-electron chi connectivity index (χ4n) is 1.78. The van der Waals surface area contributed by atoms with E-state index in [-0.39, 0.29) is 0 Å². The summed E-state index contributed by atoms with van der Waals surface area (Å²) in [5.74, 6) is 0. The molecule has 2 heterocycles. The number of pyridine rings is 1. The van der Waals surface area contributed by atoms with Crippen molar-refractivity contribution >= 4 is 16.5 Å². The molecule has 0 spiro atoms. The third-order valence-electron chi connectivity index (χ3n) is 2.67. The number of thiazole rings is 1. The molecule has 0 aliphatic rings. The highest BCUT2D eigenvalue weighted by Gasteiger charge is 2.14. The normalized spacial score (nSPS) is 12.4. The van der Waals surface area contributed by atoms with Gasteiger partial charge < -0.3 is 10.0 Å². The lowest BCUT2D eigenvalue weighted by molar-refractivity contribution is 0.202. The lowest BCUT2D eigenvalue weighted by atomic mass is 10.3. The van der Waals surface area contributed by atoms with E-state index in [9.17, 15) is 5.11 Å². The van der Waals surface area contributed by atoms with Gasteiger partial charge in [0, 0.05) is 26.0 Å². The van der Waals surface area contributed by atoms with Gasteiger partial charge in [-0.3, -0.25) is 4.98 Å². The second kappa shape index (κ2) is 5.46. The third kappa shape index (κ3) is 2.86. The van der Waals surface area contributed by atoms with Gasteiger partial charge in [-0.1, -0.05) is 17.4 Å². The Kier molecular flexibility index (Phi) is 3.93. The molecule has 0 aliphatic carbocycles. The topological polar surface area (TPSA) is 49.2 Å². The molecule has 0 saturated heterocycles. The number of aliphatic hydroxyl groups is 1. The monoisotopic (exact) mass is 263 g/mol. The van der Waals surface area contributed by atoms with Crippen molar-refractivity contribution in [3.63, 3.8) is 0 Å². The van der Waals surface area contributed by atoms with Crippen molar-refractivity contribution in [2.75, 3.05) is 11.9 Å². The molecule has 2 aromatic heterocycles. The first-order valence-electron chi connectivity index (χ1n) is 5.83. The average Bonchev–Trinajstić information content (AvgIpc) is 2.73. The largest absolute Gasteiger partial charge is 0.388 e. The molecule has 4 nitrogen and oxygen atoms in total. The molecular weight excluding hydrogens is 246 g/mol. The van der Waals surface area contributed by atoms with Crippen molar-refractivity contribution in [1.29, 1.82) is 0 Å². The summed E-state index contributed by atoms with van der Waals surface area (Å²) in [7, 11) is 2.00. The zero-order valence-corrected chi connectivity index (χ0v) is 11.6. The third-order valence-corrected chi connectivity index (χ3v) is 4.11. The molecule has 0 bridgehead atoms. The Morgan fingerprint density at radius 2 is 2.28 bits per heavy atom. The molecule has 0 fully saturated rings. The van der Waals surface area contributed by atoms with Crippen LogP contribution in [-0.2, 0) is 6.54 Å². The second-order valence-electron chi connectivity index (χ2n) is 4.34. The van der Waals surface area contributed by atoms with Crippen LogP contribution in [0, 0.1) is 6.92 Å². The standard InChI is InChI=1S/C13H17N3OS/c1-9-12(10(2)17)18-13(15-9)16(3)8-11-5-4-6-14-7-11/h4-7,10,17H,8H2,1-3H3. The lowest BCUT2D eigenvalue weighted by Gasteiger charge is -2.15. The summed E-state index contributed by atoms with van der Waals surface area (Å²) in [6.45, 7) is 4.46. The number of aliphatic hydroxyl groups excluding tert-OH is 1. The SMILES string of the molecule is Cc1nc(N(C)Cc2cccnc2)sc1C(C)O. The highest BCUT2D eigenvalue weighted by molar-refractivity contribution is 7.15. The van der Waals surface area contributed by atoms with Gasteiger partial charge in [0.25, 0.3) is 0 Å². The van der Waals surface area contributed by atoms with Crippen molar-refractivity contribution in [2.24, 2.45) is 0 Å². The van der Waals surface area contributed by atoms with E-state index in [1.54, 1.807) is 13.1 Å². The molecule has 0 saturated carbocycles. The van der Waals surface area contributed by atoms with E-state index < -0.39 is 6.10 Å². The molecule has 1 unspecified atom stereocenters. The van der Waals surface area contributed by atoms with Crippen LogP contribution in [0.15, 0.2) is 24.5 Å². The summed E-state index contributed by atoms with van der Waals surface area (Å²) in [6, 6.07) is 3.97. The van der Waals surface area contributed by atoms with E-state index in [0.717, 1.165) is 27.8 Å². The summed E-state index contributed by atoms with van der Waals surface area (Å²) >= 11 is 1.54. The minimum Gasteiger partial charge on any atom is -0.388 e. The highest BCUT2D eigenvalue weighted by Crippen LogP contribution is 2.30. The Morgan fingerprint density at radius 1 is 1.50 bits per heavy atom. The minimum absolute atomic E-state index is 0.456. The Balaban J connectivity index is 2.14. The molecule has 5 heteroatoms. The van der Waals surface area contributed by atoms with Gasteiger partial charge in [0.1, 0.15) is 0 Å². The van der Waals surface area contributed by atoms with Gasteiger partial charge in [0.05, 0.1) is 16.7 Å². The summed E-state index contributed by atoms with van der Waals surface area (Å²) < 4.78 is 0. The van der Waals surface area contributed by atoms with Gasteiger partial charge in [-0.15, -0.1) is 0 Å². The van der Waals surface area contributed by atoms with Crippen molar-refractivity contribution in [3.05, 3.63) is 40.7 Å². The summed E-state index contributed by atoms with van der Waals surface area (Å²) in [6.07, 6.45) is 3.16. The molecule has 2 rings (SSSR count). The predicted octanol–water partition coefficient (Wildman–Crippen LogP) is 2.54. The Labute approximate surface area is 111 Å². The average molecular weight is 263 g/mol. The van der Waals surface area contributed by atoms with Gasteiger partial charge in [0.2, 0.25) is 0 Å². The van der Waals surface area contributed by atoms with Crippen LogP contribution in [0.25, 0.3) is 0 Å². The zero-order valence-electron chi connectivity index (χ0n) is 10.8. The second-order valence-corrected chi connectivity index (χ2v) is 5.35. The van der Waals surface area contributed by atoms with Crippen LogP contribution in [0.5, 0.6) is 0 Å². The molecule has 0 aliphatic heterocycles. The van der Waals surface area contributed by atoms with Gasteiger partial charge in [-0.2, -0.15) is 0 Å². The Hall–Kier alpha value is -1.46. The van der Waals surface area contributed by atoms with E-state index in [0.29, 0.717) is 0 Å². The minimum atomic E-state index is -0.456. The molecule has 2 aromatic rings. The smallest absolute Gasteiger partial charge is 0.185 e. The maximum Gasteiger partial charge on any atom is 0.185 e. The van der Waals surface area contributed by atoms with Gasteiger partial charge in [-0.25, -0.2) is 4.98 Å². The van der Waals surface area contributed by atoms with Crippen LogP contribution >= 0.6 is 11.3 Å². The number of rotatable bonds is 4. The van der Waals surface area contributed by atoms with Crippen molar-refractivity contribution in [2.45, 2.75) is 26.5 Å². The maximum absolute atomic E-state index is 9.63. The molecule has 96 valence electrons. The highest BCUT2D eigenvalue weighted by atomic mass is 32.1. The number of anilines is 1. The van der Waals surface area contributed by atoms with E-state index in [1.165, 1.54) is 11.3 Å². The number of aryl methyl sites for hydroxylation is 1. The summed E-state index contributed by atoms with van der Waals surface area (Å²) in [5, 5.41) is 10.6. The van der Waals surface area contributed by atoms with Crippen molar-refractivity contribution < 1.29 is 5.11 Å². The summed E-state index contributed by atoms with van der Waals surface area (Å²) in [5.41, 5.74) is 2.05. The van der Waals surface area contributed by atoms with Gasteiger partial charge in [-0.05, 0) is 25.5 Å². The van der Waals surface area contributed by atoms with E-state index in [2.05, 4.69) is 14.9 Å². The number of hydrogen-bond donors (Lipinski definition) is 1. The molecule has 0 radical (unpaired) electrons. The molecule has 1 atom stereocenters. The van der Waals surface area contributed by atoms with Gasteiger partial charge >= 0.3 is 0 Å². The lowest BCUT2D eigenvalue weighted by Crippen LogP contribution is -2.16. The Bertz CT molecular complexity index is 510. The fraction of sp³-hybridized carbons (Fsp3) is 0.385. The van der Waals surface area contributed by atoms with Crippen LogP contribution in [-0.4, -0.2) is 22.1 Å². The van der Waals surface area contributed by atoms with Crippen LogP contribution in [0.4, 0.5) is 5.13 Å². The Morgan fingerprint density at radius 3 is 2.83 bits per heavy atom. The quantitative estimate of drug-likeness (QED) is 0.921. The number of nitrogens with zero attached hydrogens (tertiary/aromatic N) is 3. The summed E-state index contributed by atoms with van der Waals surface area (Å²) in [4.78, 5) is 11.6. The van der Waals surface area contributed by atoms with Gasteiger partial charge in [0.15, 0.2) is 5.13 Å². The molecule has 18 heavy (non-hydrogen) atoms. The number of hydrogen-bond acceptors (Lipinski definition) is 5. The van der Waals surface area contributed by atoms with Crippen LogP contribution in [0.2, 0.25) is 0 Å². The fourth-order valence-corrected chi connectivity index (χ4v) is 2.74. The molecule has 0 aromatic carbocycles. The predicted molar refractivity (Wildman–Crippen MR) is 73.8 cm³/mol. The van der Waals surface area contributed by atoms with E-state index in [4.69, 9.17) is 0 Å². The first-order chi connectivity index (χ1) is 8.58. The van der Waals surface area contributed by atoms with Crippen LogP contribution in [0.1, 0.15) is 29.2 Å². The van der Waals surface area contributed by atoms with E-state index in [1.807, 2.05) is 32.3 Å². The molecule has 1 N–H and O–H groups in total. The maximum atomic E-state index is 9.63. The molecule has 0 amide bonds. The van der Waals surface area contributed by atoms with E-state index >= 15 is 0 Å². The van der Waals surface area contributed by atoms with Crippen LogP contribution < -0.4 is 4.90 Å². The first-order valence-corrected chi connectivity index (χ1v) is 6.65. The van der Waals surface area contributed by atoms with Crippen molar-refractivity contribution in [3.8, 4) is 0 Å².